The van der Waals surface area contributed by atoms with Gasteiger partial charge >= 0.3 is 0 Å². The number of benzene rings is 2. The third-order valence-corrected chi connectivity index (χ3v) is 6.55. The molecule has 0 bridgehead atoms. The largest absolute Gasteiger partial charge is 0.482 e. The highest BCUT2D eigenvalue weighted by atomic mass is 79.9. The molecule has 2 aromatic carbocycles. The Morgan fingerprint density at radius 1 is 1.17 bits per heavy atom. The van der Waals surface area contributed by atoms with Gasteiger partial charge in [0.25, 0.3) is 5.91 Å². The van der Waals surface area contributed by atoms with Crippen LogP contribution in [0.15, 0.2) is 40.9 Å². The second-order valence-corrected chi connectivity index (χ2v) is 9.75. The number of hydrogen-bond donors (Lipinski definition) is 1. The first kappa shape index (κ1) is 21.1. The van der Waals surface area contributed by atoms with Crippen molar-refractivity contribution in [2.45, 2.75) is 58.5 Å². The van der Waals surface area contributed by atoms with Crippen molar-refractivity contribution in [3.8, 4) is 5.75 Å². The zero-order valence-corrected chi connectivity index (χ0v) is 19.2. The molecular weight excluding hydrogens is 445 g/mol. The SMILES string of the molecule is Cc1ccc(NC(=O)c2cc(Br)c3c(c2)C(C2CCCCC2)=CC(C)(C)O3)cc1F. The first-order valence-corrected chi connectivity index (χ1v) is 11.4. The zero-order valence-electron chi connectivity index (χ0n) is 17.6. The van der Waals surface area contributed by atoms with Gasteiger partial charge in [0, 0.05) is 16.8 Å². The number of anilines is 1. The summed E-state index contributed by atoms with van der Waals surface area (Å²) in [4.78, 5) is 12.9. The molecule has 1 heterocycles. The number of rotatable bonds is 3. The summed E-state index contributed by atoms with van der Waals surface area (Å²) in [5, 5.41) is 2.81. The summed E-state index contributed by atoms with van der Waals surface area (Å²) in [5.74, 6) is 0.672. The van der Waals surface area contributed by atoms with Gasteiger partial charge in [-0.15, -0.1) is 0 Å². The van der Waals surface area contributed by atoms with Crippen molar-refractivity contribution in [2.75, 3.05) is 5.32 Å². The number of ether oxygens (including phenoxy) is 1. The van der Waals surface area contributed by atoms with Crippen molar-refractivity contribution in [3.63, 3.8) is 0 Å². The number of amides is 1. The average Bonchev–Trinajstić information content (AvgIpc) is 2.71. The smallest absolute Gasteiger partial charge is 0.255 e. The lowest BCUT2D eigenvalue weighted by Crippen LogP contribution is -2.31. The van der Waals surface area contributed by atoms with Crippen LogP contribution in [0.4, 0.5) is 10.1 Å². The lowest BCUT2D eigenvalue weighted by Gasteiger charge is -2.36. The molecule has 2 aliphatic rings. The van der Waals surface area contributed by atoms with Crippen LogP contribution in [0.25, 0.3) is 5.57 Å². The third-order valence-electron chi connectivity index (χ3n) is 5.96. The normalized spacial score (nSPS) is 18.2. The van der Waals surface area contributed by atoms with Crippen LogP contribution in [-0.2, 0) is 0 Å². The van der Waals surface area contributed by atoms with E-state index >= 15 is 0 Å². The molecule has 158 valence electrons. The van der Waals surface area contributed by atoms with Crippen LogP contribution < -0.4 is 10.1 Å². The molecule has 2 aromatic rings. The molecule has 0 atom stereocenters. The topological polar surface area (TPSA) is 38.3 Å². The lowest BCUT2D eigenvalue weighted by molar-refractivity contribution is 0.102. The van der Waals surface area contributed by atoms with Gasteiger partial charge in [0.05, 0.1) is 4.47 Å². The van der Waals surface area contributed by atoms with E-state index in [0.717, 1.165) is 28.6 Å². The summed E-state index contributed by atoms with van der Waals surface area (Å²) in [7, 11) is 0. The minimum atomic E-state index is -0.397. The Hall–Kier alpha value is -2.14. The molecule has 1 aliphatic carbocycles. The molecular formula is C25H27BrFNO2. The van der Waals surface area contributed by atoms with E-state index in [4.69, 9.17) is 4.74 Å². The van der Waals surface area contributed by atoms with Crippen molar-refractivity contribution in [1.29, 1.82) is 0 Å². The summed E-state index contributed by atoms with van der Waals surface area (Å²) >= 11 is 3.62. The molecule has 0 spiro atoms. The summed E-state index contributed by atoms with van der Waals surface area (Å²) in [6.07, 6.45) is 8.30. The first-order valence-electron chi connectivity index (χ1n) is 10.6. The number of nitrogens with one attached hydrogen (secondary N) is 1. The summed E-state index contributed by atoms with van der Waals surface area (Å²) in [6, 6.07) is 8.41. The Morgan fingerprint density at radius 3 is 2.60 bits per heavy atom. The quantitative estimate of drug-likeness (QED) is 0.510. The van der Waals surface area contributed by atoms with Gasteiger partial charge in [0.1, 0.15) is 17.2 Å². The minimum absolute atomic E-state index is 0.269. The Morgan fingerprint density at radius 2 is 1.90 bits per heavy atom. The fraction of sp³-hybridized carbons (Fsp3) is 0.400. The number of carbonyl (C=O) groups excluding carboxylic acids is 1. The van der Waals surface area contributed by atoms with Gasteiger partial charge in [-0.2, -0.15) is 0 Å². The third kappa shape index (κ3) is 4.31. The Balaban J connectivity index is 1.69. The highest BCUT2D eigenvalue weighted by Crippen LogP contribution is 2.47. The van der Waals surface area contributed by atoms with Crippen LogP contribution in [0.1, 0.15) is 67.4 Å². The number of hydrogen-bond acceptors (Lipinski definition) is 2. The van der Waals surface area contributed by atoms with Gasteiger partial charge in [0.2, 0.25) is 0 Å². The van der Waals surface area contributed by atoms with E-state index in [2.05, 4.69) is 41.2 Å². The maximum atomic E-state index is 13.9. The van der Waals surface area contributed by atoms with Gasteiger partial charge in [-0.3, -0.25) is 4.79 Å². The van der Waals surface area contributed by atoms with E-state index in [1.54, 1.807) is 25.1 Å². The lowest BCUT2D eigenvalue weighted by atomic mass is 9.78. The molecule has 4 rings (SSSR count). The number of allylic oxidation sites excluding steroid dienone is 1. The Labute approximate surface area is 185 Å². The second kappa shape index (κ2) is 8.18. The molecule has 30 heavy (non-hydrogen) atoms. The highest BCUT2D eigenvalue weighted by Gasteiger charge is 2.33. The van der Waals surface area contributed by atoms with Crippen molar-refractivity contribution < 1.29 is 13.9 Å². The van der Waals surface area contributed by atoms with Crippen LogP contribution in [0.5, 0.6) is 5.75 Å². The van der Waals surface area contributed by atoms with Crippen molar-refractivity contribution in [3.05, 3.63) is 63.4 Å². The Bertz CT molecular complexity index is 1020. The second-order valence-electron chi connectivity index (χ2n) is 8.89. The predicted octanol–water partition coefficient (Wildman–Crippen LogP) is 7.28. The first-order chi connectivity index (χ1) is 14.2. The summed E-state index contributed by atoms with van der Waals surface area (Å²) in [6.45, 7) is 5.83. The van der Waals surface area contributed by atoms with Crippen LogP contribution in [0, 0.1) is 18.7 Å². The average molecular weight is 472 g/mol. The standard InChI is InChI=1S/C25H27BrFNO2/c1-15-9-10-18(13-22(15)27)28-24(29)17-11-19-20(16-7-5-4-6-8-16)14-25(2,3)30-23(19)21(26)12-17/h9-14,16H,4-8H2,1-3H3,(H,28,29). The summed E-state index contributed by atoms with van der Waals surface area (Å²) in [5.41, 5.74) is 3.37. The van der Waals surface area contributed by atoms with Crippen molar-refractivity contribution >= 4 is 33.1 Å². The van der Waals surface area contributed by atoms with Crippen LogP contribution >= 0.6 is 15.9 Å². The monoisotopic (exact) mass is 471 g/mol. The molecule has 0 radical (unpaired) electrons. The number of carbonyl (C=O) groups is 1. The number of fused-ring (bicyclic) bond motifs is 1. The molecule has 3 nitrogen and oxygen atoms in total. The van der Waals surface area contributed by atoms with Crippen LogP contribution in [-0.4, -0.2) is 11.5 Å². The van der Waals surface area contributed by atoms with E-state index in [0.29, 0.717) is 22.7 Å². The maximum Gasteiger partial charge on any atom is 0.255 e. The van der Waals surface area contributed by atoms with Crippen molar-refractivity contribution in [1.82, 2.24) is 0 Å². The van der Waals surface area contributed by atoms with Crippen molar-refractivity contribution in [2.24, 2.45) is 5.92 Å². The molecule has 1 fully saturated rings. The Kier molecular flexibility index (Phi) is 5.75. The van der Waals surface area contributed by atoms with Crippen LogP contribution in [0.2, 0.25) is 0 Å². The van der Waals surface area contributed by atoms with E-state index in [-0.39, 0.29) is 11.7 Å². The molecule has 0 unspecified atom stereocenters. The maximum absolute atomic E-state index is 13.9. The fourth-order valence-corrected chi connectivity index (χ4v) is 4.95. The zero-order chi connectivity index (χ0) is 21.5. The number of halogens is 2. The summed E-state index contributed by atoms with van der Waals surface area (Å²) < 4.78 is 20.9. The van der Waals surface area contributed by atoms with Gasteiger partial charge in [-0.25, -0.2) is 4.39 Å². The molecule has 1 amide bonds. The molecule has 1 aliphatic heterocycles. The molecule has 0 aromatic heterocycles. The molecule has 1 N–H and O–H groups in total. The van der Waals surface area contributed by atoms with E-state index in [1.165, 1.54) is 30.9 Å². The fourth-order valence-electron chi connectivity index (χ4n) is 4.41. The van der Waals surface area contributed by atoms with Gasteiger partial charge < -0.3 is 10.1 Å². The molecule has 5 heteroatoms. The highest BCUT2D eigenvalue weighted by molar-refractivity contribution is 9.10. The van der Waals surface area contributed by atoms with Gasteiger partial charge in [-0.1, -0.05) is 25.3 Å². The molecule has 1 saturated carbocycles. The number of aryl methyl sites for hydroxylation is 1. The van der Waals surface area contributed by atoms with Gasteiger partial charge in [-0.05, 0) is 96.9 Å². The predicted molar refractivity (Wildman–Crippen MR) is 122 cm³/mol. The van der Waals surface area contributed by atoms with Crippen LogP contribution in [0.3, 0.4) is 0 Å². The van der Waals surface area contributed by atoms with E-state index < -0.39 is 5.60 Å². The van der Waals surface area contributed by atoms with Gasteiger partial charge in [0.15, 0.2) is 0 Å². The minimum Gasteiger partial charge on any atom is -0.482 e. The van der Waals surface area contributed by atoms with E-state index in [1.807, 2.05) is 6.07 Å². The van der Waals surface area contributed by atoms with E-state index in [9.17, 15) is 9.18 Å². The molecule has 0 saturated heterocycles.